The van der Waals surface area contributed by atoms with Gasteiger partial charge in [0, 0.05) is 31.1 Å². The number of carbonyl (C=O) groups is 3. The van der Waals surface area contributed by atoms with E-state index in [9.17, 15) is 19.5 Å². The highest BCUT2D eigenvalue weighted by Crippen LogP contribution is 2.44. The van der Waals surface area contributed by atoms with Crippen LogP contribution in [-0.4, -0.2) is 45.5 Å². The largest absolute Gasteiger partial charge is 0.479 e. The molecule has 2 amide bonds. The molecule has 2 atom stereocenters. The van der Waals surface area contributed by atoms with Crippen LogP contribution in [0.1, 0.15) is 35.1 Å². The van der Waals surface area contributed by atoms with Gasteiger partial charge in [-0.25, -0.2) is 9.59 Å². The second-order valence-electron chi connectivity index (χ2n) is 8.16. The molecule has 2 unspecified atom stereocenters. The van der Waals surface area contributed by atoms with Gasteiger partial charge >= 0.3 is 12.1 Å². The molecule has 3 aromatic rings. The standard InChI is InChI=1S/C26H24N4O5/c1-3-8-22(24(31)29-23(25(32)33)16-13-27-30(2)14-16)28-26(34)35-15-21-19-11-6-4-9-17(19)18-10-5-7-12-20(18)21/h1,4-7,9-14,21-23H,8,15H2,2H3,(H,28,34)(H,29,31)(H,32,33). The Morgan fingerprint density at radius 3 is 2.29 bits per heavy atom. The van der Waals surface area contributed by atoms with Crippen molar-refractivity contribution in [1.29, 1.82) is 0 Å². The van der Waals surface area contributed by atoms with E-state index in [1.54, 1.807) is 7.05 Å². The number of nitrogens with zero attached hydrogens (tertiary/aromatic N) is 2. The van der Waals surface area contributed by atoms with Crippen molar-refractivity contribution in [1.82, 2.24) is 20.4 Å². The summed E-state index contributed by atoms with van der Waals surface area (Å²) in [6.07, 6.45) is 7.23. The highest BCUT2D eigenvalue weighted by molar-refractivity contribution is 5.90. The van der Waals surface area contributed by atoms with Crippen LogP contribution < -0.4 is 10.6 Å². The maximum Gasteiger partial charge on any atom is 0.407 e. The van der Waals surface area contributed by atoms with Gasteiger partial charge in [0.1, 0.15) is 12.6 Å². The summed E-state index contributed by atoms with van der Waals surface area (Å²) in [7, 11) is 1.63. The highest BCUT2D eigenvalue weighted by atomic mass is 16.5. The van der Waals surface area contributed by atoms with Crippen LogP contribution in [-0.2, 0) is 21.4 Å². The van der Waals surface area contributed by atoms with Gasteiger partial charge in [-0.15, -0.1) is 12.3 Å². The van der Waals surface area contributed by atoms with E-state index in [0.29, 0.717) is 0 Å². The van der Waals surface area contributed by atoms with Crippen LogP contribution in [0.4, 0.5) is 4.79 Å². The average molecular weight is 473 g/mol. The molecule has 1 aliphatic rings. The van der Waals surface area contributed by atoms with Gasteiger partial charge in [-0.1, -0.05) is 48.5 Å². The molecule has 0 spiro atoms. The molecule has 2 aromatic carbocycles. The Balaban J connectivity index is 1.42. The number of hydrogen-bond donors (Lipinski definition) is 3. The smallest absolute Gasteiger partial charge is 0.407 e. The molecule has 4 rings (SSSR count). The zero-order valence-corrected chi connectivity index (χ0v) is 19.0. The predicted molar refractivity (Wildman–Crippen MR) is 127 cm³/mol. The summed E-state index contributed by atoms with van der Waals surface area (Å²) in [5, 5.41) is 18.3. The number of aliphatic carboxylic acids is 1. The molecule has 35 heavy (non-hydrogen) atoms. The van der Waals surface area contributed by atoms with E-state index in [1.807, 2.05) is 48.5 Å². The summed E-state index contributed by atoms with van der Waals surface area (Å²) in [6.45, 7) is 0.0672. The third kappa shape index (κ3) is 5.01. The van der Waals surface area contributed by atoms with Crippen molar-refractivity contribution in [2.75, 3.05) is 6.61 Å². The lowest BCUT2D eigenvalue weighted by Gasteiger charge is -2.20. The van der Waals surface area contributed by atoms with E-state index in [0.717, 1.165) is 22.3 Å². The number of terminal acetylenes is 1. The number of aryl methyl sites for hydroxylation is 1. The second-order valence-corrected chi connectivity index (χ2v) is 8.16. The first-order chi connectivity index (χ1) is 16.9. The number of hydrogen-bond acceptors (Lipinski definition) is 5. The van der Waals surface area contributed by atoms with Crippen molar-refractivity contribution in [3.05, 3.63) is 77.6 Å². The molecule has 1 aromatic heterocycles. The highest BCUT2D eigenvalue weighted by Gasteiger charge is 2.31. The number of nitrogens with one attached hydrogen (secondary N) is 2. The van der Waals surface area contributed by atoms with Gasteiger partial charge in [-0.05, 0) is 22.3 Å². The van der Waals surface area contributed by atoms with E-state index in [4.69, 9.17) is 11.2 Å². The van der Waals surface area contributed by atoms with Crippen molar-refractivity contribution in [2.45, 2.75) is 24.4 Å². The Kier molecular flexibility index (Phi) is 6.83. The first-order valence-electron chi connectivity index (χ1n) is 11.0. The fourth-order valence-corrected chi connectivity index (χ4v) is 4.23. The number of aromatic nitrogens is 2. The van der Waals surface area contributed by atoms with Gasteiger partial charge in [0.25, 0.3) is 0 Å². The number of benzene rings is 2. The molecular weight excluding hydrogens is 448 g/mol. The minimum Gasteiger partial charge on any atom is -0.479 e. The molecule has 178 valence electrons. The Morgan fingerprint density at radius 1 is 1.11 bits per heavy atom. The number of carboxylic acid groups (broad SMARTS) is 1. The van der Waals surface area contributed by atoms with Crippen molar-refractivity contribution in [2.24, 2.45) is 7.05 Å². The molecule has 9 nitrogen and oxygen atoms in total. The number of carboxylic acids is 1. The predicted octanol–water partition coefficient (Wildman–Crippen LogP) is 2.59. The molecule has 1 aliphatic carbocycles. The lowest BCUT2D eigenvalue weighted by atomic mass is 9.98. The Labute approximate surface area is 202 Å². The molecule has 0 fully saturated rings. The van der Waals surface area contributed by atoms with Crippen LogP contribution in [0.3, 0.4) is 0 Å². The molecule has 0 bridgehead atoms. The minimum atomic E-state index is -1.35. The number of amides is 2. The van der Waals surface area contributed by atoms with E-state index >= 15 is 0 Å². The molecule has 0 saturated heterocycles. The number of fused-ring (bicyclic) bond motifs is 3. The second kappa shape index (κ2) is 10.1. The van der Waals surface area contributed by atoms with Gasteiger partial charge in [0.05, 0.1) is 6.20 Å². The zero-order valence-electron chi connectivity index (χ0n) is 19.0. The third-order valence-corrected chi connectivity index (χ3v) is 5.87. The number of rotatable bonds is 8. The average Bonchev–Trinajstić information content (AvgIpc) is 3.41. The Bertz CT molecular complexity index is 1260. The van der Waals surface area contributed by atoms with E-state index in [1.165, 1.54) is 17.1 Å². The molecule has 3 N–H and O–H groups in total. The lowest BCUT2D eigenvalue weighted by molar-refractivity contribution is -0.142. The van der Waals surface area contributed by atoms with Gasteiger partial charge in [-0.2, -0.15) is 5.10 Å². The van der Waals surface area contributed by atoms with Crippen molar-refractivity contribution >= 4 is 18.0 Å². The summed E-state index contributed by atoms with van der Waals surface area (Å²) >= 11 is 0. The fourth-order valence-electron chi connectivity index (χ4n) is 4.23. The van der Waals surface area contributed by atoms with Gasteiger partial charge in [-0.3, -0.25) is 9.48 Å². The van der Waals surface area contributed by atoms with Crippen molar-refractivity contribution < 1.29 is 24.2 Å². The fraction of sp³-hybridized carbons (Fsp3) is 0.231. The quantitative estimate of drug-likeness (QED) is 0.433. The van der Waals surface area contributed by atoms with Crippen LogP contribution in [0.15, 0.2) is 60.9 Å². The number of alkyl carbamates (subject to hydrolysis) is 1. The van der Waals surface area contributed by atoms with Gasteiger partial charge < -0.3 is 20.5 Å². The molecular formula is C26H24N4O5. The number of ether oxygens (including phenoxy) is 1. The van der Waals surface area contributed by atoms with E-state index in [2.05, 4.69) is 21.7 Å². The maximum atomic E-state index is 12.8. The van der Waals surface area contributed by atoms with Crippen LogP contribution in [0.25, 0.3) is 11.1 Å². The zero-order chi connectivity index (χ0) is 24.9. The topological polar surface area (TPSA) is 123 Å². The Hall–Kier alpha value is -4.58. The summed E-state index contributed by atoms with van der Waals surface area (Å²) in [6, 6.07) is 13.3. The monoisotopic (exact) mass is 472 g/mol. The Morgan fingerprint density at radius 2 is 1.74 bits per heavy atom. The van der Waals surface area contributed by atoms with E-state index in [-0.39, 0.29) is 24.5 Å². The van der Waals surface area contributed by atoms with Gasteiger partial charge in [0.15, 0.2) is 6.04 Å². The van der Waals surface area contributed by atoms with Crippen molar-refractivity contribution in [3.63, 3.8) is 0 Å². The molecule has 0 radical (unpaired) electrons. The van der Waals surface area contributed by atoms with Gasteiger partial charge in [0.2, 0.25) is 5.91 Å². The SMILES string of the molecule is C#CCC(NC(=O)OCC1c2ccccc2-c2ccccc21)C(=O)NC(C(=O)O)c1cnn(C)c1. The summed E-state index contributed by atoms with van der Waals surface area (Å²) in [4.78, 5) is 37.1. The molecule has 1 heterocycles. The maximum absolute atomic E-state index is 12.8. The summed E-state index contributed by atoms with van der Waals surface area (Å²) < 4.78 is 6.90. The van der Waals surface area contributed by atoms with E-state index < -0.39 is 30.1 Å². The normalized spacial score (nSPS) is 13.6. The summed E-state index contributed by atoms with van der Waals surface area (Å²) in [5.41, 5.74) is 4.59. The van der Waals surface area contributed by atoms with Crippen LogP contribution in [0.5, 0.6) is 0 Å². The van der Waals surface area contributed by atoms with Crippen LogP contribution >= 0.6 is 0 Å². The first-order valence-corrected chi connectivity index (χ1v) is 11.0. The first kappa shape index (κ1) is 23.6. The minimum absolute atomic E-state index is 0.0672. The third-order valence-electron chi connectivity index (χ3n) is 5.87. The van der Waals surface area contributed by atoms with Crippen molar-refractivity contribution in [3.8, 4) is 23.5 Å². The molecule has 0 saturated carbocycles. The van der Waals surface area contributed by atoms with Crippen LogP contribution in [0, 0.1) is 12.3 Å². The lowest BCUT2D eigenvalue weighted by Crippen LogP contribution is -2.49. The van der Waals surface area contributed by atoms with Crippen LogP contribution in [0.2, 0.25) is 0 Å². The molecule has 0 aliphatic heterocycles. The number of carbonyl (C=O) groups excluding carboxylic acids is 2. The summed E-state index contributed by atoms with van der Waals surface area (Å²) in [5.74, 6) is 0.171. The molecule has 9 heteroatoms.